The van der Waals surface area contributed by atoms with Crippen molar-refractivity contribution in [3.63, 3.8) is 0 Å². The predicted molar refractivity (Wildman–Crippen MR) is 107 cm³/mol. The van der Waals surface area contributed by atoms with Gasteiger partial charge >= 0.3 is 0 Å². The smallest absolute Gasteiger partial charge is 0.126 e. The largest absolute Gasteiger partial charge is 0.497 e. The van der Waals surface area contributed by atoms with E-state index in [-0.39, 0.29) is 12.0 Å². The molecular weight excluding hydrogens is 356 g/mol. The van der Waals surface area contributed by atoms with Crippen LogP contribution < -0.4 is 9.47 Å². The number of aliphatic hydroxyl groups excluding tert-OH is 1. The van der Waals surface area contributed by atoms with Gasteiger partial charge in [0, 0.05) is 17.0 Å². The van der Waals surface area contributed by atoms with Crippen molar-refractivity contribution in [1.29, 1.82) is 0 Å². The summed E-state index contributed by atoms with van der Waals surface area (Å²) in [5, 5.41) is 22.4. The molecule has 0 bridgehead atoms. The van der Waals surface area contributed by atoms with Crippen LogP contribution in [0.3, 0.4) is 0 Å². The molecule has 5 nitrogen and oxygen atoms in total. The van der Waals surface area contributed by atoms with E-state index in [1.807, 2.05) is 18.2 Å². The van der Waals surface area contributed by atoms with E-state index in [4.69, 9.17) is 14.2 Å². The number of hydrogen-bond donors (Lipinski definition) is 2. The predicted octanol–water partition coefficient (Wildman–Crippen LogP) is 3.88. The summed E-state index contributed by atoms with van der Waals surface area (Å²) in [5.74, 6) is 1.69. The molecule has 1 saturated carbocycles. The van der Waals surface area contributed by atoms with Crippen LogP contribution in [0, 0.1) is 5.41 Å². The van der Waals surface area contributed by atoms with Crippen LogP contribution in [0.15, 0.2) is 24.8 Å². The van der Waals surface area contributed by atoms with Crippen LogP contribution in [0.1, 0.15) is 68.6 Å². The highest BCUT2D eigenvalue weighted by Gasteiger charge is 2.69. The summed E-state index contributed by atoms with van der Waals surface area (Å²) >= 11 is 0. The van der Waals surface area contributed by atoms with Crippen LogP contribution in [0.25, 0.3) is 0 Å². The fourth-order valence-electron chi connectivity index (χ4n) is 6.25. The first-order valence-electron chi connectivity index (χ1n) is 10.3. The molecule has 2 aliphatic carbocycles. The lowest BCUT2D eigenvalue weighted by atomic mass is 9.52. The summed E-state index contributed by atoms with van der Waals surface area (Å²) < 4.78 is 17.7. The van der Waals surface area contributed by atoms with Crippen molar-refractivity contribution < 1.29 is 24.4 Å². The van der Waals surface area contributed by atoms with Crippen molar-refractivity contribution in [2.45, 2.75) is 75.3 Å². The number of methoxy groups -OCH3 is 2. The first-order chi connectivity index (χ1) is 13.4. The molecule has 1 saturated heterocycles. The summed E-state index contributed by atoms with van der Waals surface area (Å²) in [6.45, 7) is 5.68. The zero-order valence-electron chi connectivity index (χ0n) is 17.1. The zero-order valence-corrected chi connectivity index (χ0v) is 17.1. The molecule has 5 heteroatoms. The average molecular weight is 389 g/mol. The van der Waals surface area contributed by atoms with E-state index < -0.39 is 23.2 Å². The highest BCUT2D eigenvalue weighted by atomic mass is 16.5. The highest BCUT2D eigenvalue weighted by molar-refractivity contribution is 5.53. The van der Waals surface area contributed by atoms with Crippen LogP contribution in [0.2, 0.25) is 0 Å². The minimum absolute atomic E-state index is 0.186. The third-order valence-corrected chi connectivity index (χ3v) is 7.34. The van der Waals surface area contributed by atoms with Gasteiger partial charge in [-0.05, 0) is 50.2 Å². The van der Waals surface area contributed by atoms with Gasteiger partial charge in [-0.15, -0.1) is 6.58 Å². The molecule has 154 valence electrons. The number of benzene rings is 1. The molecule has 2 fully saturated rings. The maximum absolute atomic E-state index is 11.9. The molecule has 4 rings (SSSR count). The third kappa shape index (κ3) is 2.56. The molecule has 3 aliphatic rings. The Morgan fingerprint density at radius 1 is 1.29 bits per heavy atom. The number of allylic oxidation sites excluding steroid dienone is 1. The lowest BCUT2D eigenvalue weighted by Gasteiger charge is -2.53. The molecule has 6 atom stereocenters. The summed E-state index contributed by atoms with van der Waals surface area (Å²) in [5.41, 5.74) is 0.707. The van der Waals surface area contributed by atoms with Gasteiger partial charge in [0.05, 0.1) is 26.4 Å². The van der Waals surface area contributed by atoms with Crippen LogP contribution >= 0.6 is 0 Å². The lowest BCUT2D eigenvalue weighted by molar-refractivity contribution is -0.140. The standard InChI is InChI=1S/C23H32O5/c1-5-8-15-13-22-9-6-7-10-23(22,25)20(14(2)24)28-21(22)17-11-16(26-3)12-18(27-4)19(15)17/h5,11-12,14-15,20-21,24-25H,1,6-10,13H2,2-4H3/t14-,15-,20-,21?,22-,23+/m1/s1. The quantitative estimate of drug-likeness (QED) is 0.750. The van der Waals surface area contributed by atoms with Crippen molar-refractivity contribution in [3.8, 4) is 11.5 Å². The van der Waals surface area contributed by atoms with Crippen molar-refractivity contribution >= 4 is 0 Å². The minimum atomic E-state index is -1.03. The number of fused-ring (bicyclic) bond motifs is 2. The summed E-state index contributed by atoms with van der Waals surface area (Å²) in [7, 11) is 3.32. The van der Waals surface area contributed by atoms with Crippen LogP contribution in [-0.4, -0.2) is 42.2 Å². The van der Waals surface area contributed by atoms with Crippen molar-refractivity contribution in [3.05, 3.63) is 35.9 Å². The maximum atomic E-state index is 11.9. The molecule has 1 aromatic rings. The molecule has 2 N–H and O–H groups in total. The summed E-state index contributed by atoms with van der Waals surface area (Å²) in [4.78, 5) is 0. The molecule has 1 aliphatic heterocycles. The number of aliphatic hydroxyl groups is 2. The first kappa shape index (κ1) is 19.7. The van der Waals surface area contributed by atoms with Crippen molar-refractivity contribution in [2.24, 2.45) is 5.41 Å². The Morgan fingerprint density at radius 2 is 2.04 bits per heavy atom. The second-order valence-corrected chi connectivity index (χ2v) is 8.72. The molecule has 0 radical (unpaired) electrons. The Morgan fingerprint density at radius 3 is 2.68 bits per heavy atom. The van der Waals surface area contributed by atoms with E-state index in [2.05, 4.69) is 6.58 Å². The van der Waals surface area contributed by atoms with E-state index in [1.54, 1.807) is 21.1 Å². The average Bonchev–Trinajstić information content (AvgIpc) is 2.96. The van der Waals surface area contributed by atoms with Crippen molar-refractivity contribution in [1.82, 2.24) is 0 Å². The lowest BCUT2D eigenvalue weighted by Crippen LogP contribution is -2.57. The molecule has 28 heavy (non-hydrogen) atoms. The van der Waals surface area contributed by atoms with Crippen LogP contribution in [-0.2, 0) is 4.74 Å². The van der Waals surface area contributed by atoms with Gasteiger partial charge in [-0.2, -0.15) is 0 Å². The third-order valence-electron chi connectivity index (χ3n) is 7.34. The fourth-order valence-corrected chi connectivity index (χ4v) is 6.25. The second-order valence-electron chi connectivity index (χ2n) is 8.72. The highest BCUT2D eigenvalue weighted by Crippen LogP contribution is 2.69. The van der Waals surface area contributed by atoms with Gasteiger partial charge in [-0.3, -0.25) is 0 Å². The molecule has 1 aromatic carbocycles. The number of rotatable bonds is 5. The van der Waals surface area contributed by atoms with E-state index in [0.717, 1.165) is 49.0 Å². The van der Waals surface area contributed by atoms with Gasteiger partial charge < -0.3 is 24.4 Å². The van der Waals surface area contributed by atoms with E-state index in [9.17, 15) is 10.2 Å². The first-order valence-corrected chi connectivity index (χ1v) is 10.3. The van der Waals surface area contributed by atoms with E-state index in [0.29, 0.717) is 12.2 Å². The molecule has 1 heterocycles. The Labute approximate surface area is 167 Å². The Bertz CT molecular complexity index is 760. The second kappa shape index (κ2) is 7.05. The molecule has 0 amide bonds. The van der Waals surface area contributed by atoms with Crippen LogP contribution in [0.4, 0.5) is 0 Å². The fraction of sp³-hybridized carbons (Fsp3) is 0.652. The van der Waals surface area contributed by atoms with Gasteiger partial charge in [0.1, 0.15) is 23.2 Å². The van der Waals surface area contributed by atoms with E-state index in [1.165, 1.54) is 0 Å². The Balaban J connectivity index is 1.94. The molecule has 1 spiro atoms. The Kier molecular flexibility index (Phi) is 4.97. The molecular formula is C23H32O5. The SMILES string of the molecule is C=CC[C@@H]1C[C@@]23CCCC[C@]2(O)[C@@H]([C@@H](C)O)OC3c2cc(OC)cc(OC)c21. The number of ether oxygens (including phenoxy) is 3. The monoisotopic (exact) mass is 388 g/mol. The topological polar surface area (TPSA) is 68.2 Å². The minimum Gasteiger partial charge on any atom is -0.497 e. The number of hydrogen-bond acceptors (Lipinski definition) is 5. The van der Waals surface area contributed by atoms with Gasteiger partial charge in [0.25, 0.3) is 0 Å². The van der Waals surface area contributed by atoms with E-state index >= 15 is 0 Å². The molecule has 0 aromatic heterocycles. The normalized spacial score (nSPS) is 37.4. The summed E-state index contributed by atoms with van der Waals surface area (Å²) in [6.07, 6.45) is 5.52. The Hall–Kier alpha value is -1.56. The van der Waals surface area contributed by atoms with Gasteiger partial charge in [-0.25, -0.2) is 0 Å². The maximum Gasteiger partial charge on any atom is 0.126 e. The van der Waals surface area contributed by atoms with Gasteiger partial charge in [-0.1, -0.05) is 18.9 Å². The van der Waals surface area contributed by atoms with Crippen LogP contribution in [0.5, 0.6) is 11.5 Å². The van der Waals surface area contributed by atoms with Gasteiger partial charge in [0.15, 0.2) is 0 Å². The summed E-state index contributed by atoms with van der Waals surface area (Å²) in [6, 6.07) is 3.94. The zero-order chi connectivity index (χ0) is 20.1. The van der Waals surface area contributed by atoms with Gasteiger partial charge in [0.2, 0.25) is 0 Å². The molecule has 1 unspecified atom stereocenters. The van der Waals surface area contributed by atoms with Crippen molar-refractivity contribution in [2.75, 3.05) is 14.2 Å².